The Morgan fingerprint density at radius 1 is 0.455 bits per heavy atom. The minimum atomic E-state index is -0.806. The lowest BCUT2D eigenvalue weighted by molar-refractivity contribution is -0.150. The lowest BCUT2D eigenvalue weighted by Crippen LogP contribution is -2.46. The van der Waals surface area contributed by atoms with Gasteiger partial charge in [0.1, 0.15) is 6.10 Å². The van der Waals surface area contributed by atoms with E-state index in [1.807, 2.05) is 6.08 Å². The van der Waals surface area contributed by atoms with Crippen LogP contribution in [-0.2, 0) is 14.3 Å². The highest BCUT2D eigenvalue weighted by atomic mass is 16.5. The summed E-state index contributed by atoms with van der Waals surface area (Å²) in [6.07, 6.45) is 69.3. The van der Waals surface area contributed by atoms with E-state index < -0.39 is 18.2 Å². The van der Waals surface area contributed by atoms with Crippen molar-refractivity contribution in [2.24, 2.45) is 0 Å². The maximum absolute atomic E-state index is 13.3. The van der Waals surface area contributed by atoms with Crippen LogP contribution in [0.5, 0.6) is 0 Å². The third-order valence-corrected chi connectivity index (χ3v) is 12.2. The number of nitrogens with one attached hydrogen (secondary N) is 1. The monoisotopic (exact) mass is 920 g/mol. The maximum Gasteiger partial charge on any atom is 0.306 e. The van der Waals surface area contributed by atoms with E-state index in [1.54, 1.807) is 0 Å². The lowest BCUT2D eigenvalue weighted by atomic mass is 10.0. The number of carbonyl (C=O) groups is 2. The first-order valence-corrected chi connectivity index (χ1v) is 27.8. The summed E-state index contributed by atoms with van der Waals surface area (Å²) >= 11 is 0. The summed E-state index contributed by atoms with van der Waals surface area (Å²) in [6, 6.07) is -0.723. The van der Waals surface area contributed by atoms with Crippen LogP contribution in [0.2, 0.25) is 0 Å². The van der Waals surface area contributed by atoms with Crippen LogP contribution in [0.3, 0.4) is 0 Å². The molecule has 66 heavy (non-hydrogen) atoms. The van der Waals surface area contributed by atoms with E-state index in [0.717, 1.165) is 83.5 Å². The fourth-order valence-corrected chi connectivity index (χ4v) is 8.04. The molecule has 0 aromatic heterocycles. The van der Waals surface area contributed by atoms with Gasteiger partial charge in [-0.05, 0) is 89.9 Å². The molecule has 0 rings (SSSR count). The van der Waals surface area contributed by atoms with Gasteiger partial charge in [0.2, 0.25) is 5.91 Å². The highest BCUT2D eigenvalue weighted by Gasteiger charge is 2.24. The molecule has 1 amide bonds. The molecule has 0 saturated carbocycles. The Labute approximate surface area is 408 Å². The summed E-state index contributed by atoms with van der Waals surface area (Å²) in [5.74, 6) is -0.580. The molecule has 0 aromatic rings. The van der Waals surface area contributed by atoms with Crippen molar-refractivity contribution in [2.75, 3.05) is 6.61 Å². The van der Waals surface area contributed by atoms with Crippen molar-refractivity contribution in [1.29, 1.82) is 0 Å². The average Bonchev–Trinajstić information content (AvgIpc) is 3.31. The number of rotatable bonds is 49. The van der Waals surface area contributed by atoms with Crippen LogP contribution < -0.4 is 5.32 Å². The highest BCUT2D eigenvalue weighted by Crippen LogP contribution is 2.17. The van der Waals surface area contributed by atoms with Crippen LogP contribution >= 0.6 is 0 Å². The number of ether oxygens (including phenoxy) is 1. The van der Waals surface area contributed by atoms with Crippen molar-refractivity contribution in [3.8, 4) is 0 Å². The van der Waals surface area contributed by atoms with Crippen molar-refractivity contribution in [1.82, 2.24) is 5.32 Å². The number of amides is 1. The van der Waals surface area contributed by atoms with E-state index in [-0.39, 0.29) is 31.3 Å². The summed E-state index contributed by atoms with van der Waals surface area (Å²) in [6.45, 7) is 6.34. The summed E-state index contributed by atoms with van der Waals surface area (Å²) in [5.41, 5.74) is 0. The molecule has 0 aliphatic carbocycles. The Balaban J connectivity index is 4.70. The Morgan fingerprint density at radius 3 is 1.27 bits per heavy atom. The minimum absolute atomic E-state index is 0.0393. The average molecular weight is 921 g/mol. The minimum Gasteiger partial charge on any atom is -0.462 e. The smallest absolute Gasteiger partial charge is 0.306 e. The second-order valence-corrected chi connectivity index (χ2v) is 18.6. The van der Waals surface area contributed by atoms with Gasteiger partial charge in [-0.15, -0.1) is 0 Å². The van der Waals surface area contributed by atoms with E-state index >= 15 is 0 Å². The van der Waals surface area contributed by atoms with Crippen molar-refractivity contribution in [3.05, 3.63) is 85.1 Å². The second-order valence-electron chi connectivity index (χ2n) is 18.6. The summed E-state index contributed by atoms with van der Waals surface area (Å²) in [4.78, 5) is 26.2. The van der Waals surface area contributed by atoms with Crippen molar-refractivity contribution in [2.45, 2.75) is 277 Å². The molecule has 0 bridgehead atoms. The van der Waals surface area contributed by atoms with Gasteiger partial charge in [0.25, 0.3) is 0 Å². The van der Waals surface area contributed by atoms with Gasteiger partial charge in [0.05, 0.1) is 25.2 Å². The molecule has 3 unspecified atom stereocenters. The van der Waals surface area contributed by atoms with Gasteiger partial charge in [-0.3, -0.25) is 9.59 Å². The molecule has 6 heteroatoms. The van der Waals surface area contributed by atoms with Gasteiger partial charge in [0, 0.05) is 6.42 Å². The zero-order chi connectivity index (χ0) is 48.1. The molecule has 0 aliphatic heterocycles. The Hall–Kier alpha value is -2.96. The Kier molecular flexibility index (Phi) is 50.6. The fourth-order valence-electron chi connectivity index (χ4n) is 8.04. The number of allylic oxidation sites excluding steroid dienone is 14. The largest absolute Gasteiger partial charge is 0.462 e. The number of esters is 1. The fraction of sp³-hybridized carbons (Fsp3) is 0.733. The predicted molar refractivity (Wildman–Crippen MR) is 287 cm³/mol. The van der Waals surface area contributed by atoms with E-state index in [9.17, 15) is 19.8 Å². The van der Waals surface area contributed by atoms with E-state index in [0.29, 0.717) is 19.3 Å². The Bertz CT molecular complexity index is 1260. The zero-order valence-electron chi connectivity index (χ0n) is 43.3. The standard InChI is InChI=1S/C60H105NO5/c1-4-7-10-13-16-19-22-25-28-30-31-33-36-39-42-45-48-51-56(66-60(65)53-50-47-44-41-38-35-32-29-26-23-20-17-14-11-8-5-2)54-59(64)61-57(55-62)58(63)52-49-46-43-40-37-34-27-24-21-18-15-12-9-6-3/h8,11,16-17,19-20,25-26,28-29,35,38,44,47,56-58,62-63H,4-7,9-10,12-15,18,21-24,27,30-34,36-37,39-43,45-46,48-55H2,1-3H3,(H,61,64)/b11-8+,19-16-,20-17+,28-25-,29-26+,38-35+,47-44+. The second kappa shape index (κ2) is 53.0. The van der Waals surface area contributed by atoms with Crippen molar-refractivity contribution >= 4 is 11.9 Å². The number of unbranched alkanes of at least 4 members (excludes halogenated alkanes) is 23. The molecule has 380 valence electrons. The lowest BCUT2D eigenvalue weighted by Gasteiger charge is -2.24. The van der Waals surface area contributed by atoms with Crippen LogP contribution in [0.25, 0.3) is 0 Å². The first-order valence-electron chi connectivity index (χ1n) is 27.8. The van der Waals surface area contributed by atoms with E-state index in [1.165, 1.54) is 122 Å². The molecule has 0 radical (unpaired) electrons. The SMILES string of the molecule is CC/C=C/C/C=C/C/C=C/C/C=C/C/C=C/CCC(=O)OC(CCCCCCCCC/C=C\C/C=C\CCCCC)CC(=O)NC(CO)C(O)CCCCCCCCCCCCCCCC. The van der Waals surface area contributed by atoms with Crippen molar-refractivity contribution in [3.63, 3.8) is 0 Å². The molecule has 0 fully saturated rings. The number of aliphatic hydroxyl groups excluding tert-OH is 2. The molecule has 3 N–H and O–H groups in total. The van der Waals surface area contributed by atoms with Gasteiger partial charge < -0.3 is 20.3 Å². The van der Waals surface area contributed by atoms with Crippen molar-refractivity contribution < 1.29 is 24.5 Å². The zero-order valence-corrected chi connectivity index (χ0v) is 43.3. The van der Waals surface area contributed by atoms with Crippen LogP contribution in [0, 0.1) is 0 Å². The molecular weight excluding hydrogens is 815 g/mol. The normalized spacial score (nSPS) is 13.8. The summed E-state index contributed by atoms with van der Waals surface area (Å²) in [5, 5.41) is 23.8. The summed E-state index contributed by atoms with van der Waals surface area (Å²) in [7, 11) is 0. The van der Waals surface area contributed by atoms with Gasteiger partial charge in [0.15, 0.2) is 0 Å². The van der Waals surface area contributed by atoms with Crippen LogP contribution in [0.1, 0.15) is 258 Å². The molecule has 0 heterocycles. The van der Waals surface area contributed by atoms with Crippen LogP contribution in [-0.4, -0.2) is 46.9 Å². The molecule has 0 aliphatic rings. The van der Waals surface area contributed by atoms with E-state index in [2.05, 4.69) is 105 Å². The predicted octanol–water partition coefficient (Wildman–Crippen LogP) is 17.1. The molecule has 3 atom stereocenters. The third-order valence-electron chi connectivity index (χ3n) is 12.2. The Morgan fingerprint density at radius 2 is 0.818 bits per heavy atom. The number of hydrogen-bond acceptors (Lipinski definition) is 5. The van der Waals surface area contributed by atoms with E-state index in [4.69, 9.17) is 4.74 Å². The molecule has 0 saturated heterocycles. The van der Waals surface area contributed by atoms with Gasteiger partial charge in [-0.1, -0.05) is 241 Å². The number of carbonyl (C=O) groups excluding carboxylic acids is 2. The number of hydrogen-bond donors (Lipinski definition) is 3. The van der Waals surface area contributed by atoms with Crippen LogP contribution in [0.4, 0.5) is 0 Å². The van der Waals surface area contributed by atoms with Gasteiger partial charge in [-0.2, -0.15) is 0 Å². The number of aliphatic hydroxyl groups is 2. The quantitative estimate of drug-likeness (QED) is 0.0321. The molecule has 0 spiro atoms. The van der Waals surface area contributed by atoms with Gasteiger partial charge in [-0.25, -0.2) is 0 Å². The topological polar surface area (TPSA) is 95.9 Å². The highest BCUT2D eigenvalue weighted by molar-refractivity contribution is 5.77. The summed E-state index contributed by atoms with van der Waals surface area (Å²) < 4.78 is 5.91. The third kappa shape index (κ3) is 47.5. The first-order chi connectivity index (χ1) is 32.5. The first kappa shape index (κ1) is 63.0. The molecule has 0 aromatic carbocycles. The molecular formula is C60H105NO5. The molecule has 6 nitrogen and oxygen atoms in total. The van der Waals surface area contributed by atoms with Gasteiger partial charge >= 0.3 is 5.97 Å². The van der Waals surface area contributed by atoms with Crippen LogP contribution in [0.15, 0.2) is 85.1 Å². The maximum atomic E-state index is 13.3.